The van der Waals surface area contributed by atoms with Crippen molar-refractivity contribution in [2.45, 2.75) is 45.2 Å². The molecule has 4 amide bonds. The summed E-state index contributed by atoms with van der Waals surface area (Å²) < 4.78 is 10.6. The van der Waals surface area contributed by atoms with Gasteiger partial charge in [-0.2, -0.15) is 0 Å². The van der Waals surface area contributed by atoms with Crippen molar-refractivity contribution in [2.75, 3.05) is 20.8 Å². The van der Waals surface area contributed by atoms with Crippen LogP contribution in [0.5, 0.6) is 11.5 Å². The first-order valence-electron chi connectivity index (χ1n) is 8.97. The molecule has 1 fully saturated rings. The van der Waals surface area contributed by atoms with Crippen molar-refractivity contribution in [1.82, 2.24) is 15.5 Å². The first-order valence-corrected chi connectivity index (χ1v) is 8.97. The minimum atomic E-state index is -0.918. The van der Waals surface area contributed by atoms with Gasteiger partial charge in [-0.15, -0.1) is 0 Å². The molecule has 2 rings (SSSR count). The van der Waals surface area contributed by atoms with Gasteiger partial charge in [0.15, 0.2) is 0 Å². The Morgan fingerprint density at radius 3 is 2.41 bits per heavy atom. The average Bonchev–Trinajstić information content (AvgIpc) is 2.91. The molecule has 8 heteroatoms. The number of amides is 4. The van der Waals surface area contributed by atoms with Gasteiger partial charge >= 0.3 is 6.03 Å². The lowest BCUT2D eigenvalue weighted by Gasteiger charge is -2.23. The fourth-order valence-electron chi connectivity index (χ4n) is 3.24. The number of hydrogen-bond donors (Lipinski definition) is 2. The second kappa shape index (κ2) is 8.28. The molecule has 1 saturated heterocycles. The van der Waals surface area contributed by atoms with Gasteiger partial charge in [0.1, 0.15) is 23.6 Å². The maximum Gasteiger partial charge on any atom is 0.325 e. The second-order valence-electron chi connectivity index (χ2n) is 6.51. The lowest BCUT2D eigenvalue weighted by Crippen LogP contribution is -2.46. The van der Waals surface area contributed by atoms with Gasteiger partial charge in [0.05, 0.1) is 20.3 Å². The zero-order chi connectivity index (χ0) is 20.2. The van der Waals surface area contributed by atoms with Crippen molar-refractivity contribution in [1.29, 1.82) is 0 Å². The van der Waals surface area contributed by atoms with Crippen molar-refractivity contribution in [3.63, 3.8) is 0 Å². The molecule has 1 aliphatic rings. The Hall–Kier alpha value is -2.77. The Kier molecular flexibility index (Phi) is 6.30. The van der Waals surface area contributed by atoms with Crippen LogP contribution < -0.4 is 20.1 Å². The number of carbonyl (C=O) groups excluding carboxylic acids is 3. The van der Waals surface area contributed by atoms with E-state index < -0.39 is 23.5 Å². The van der Waals surface area contributed by atoms with E-state index in [9.17, 15) is 14.4 Å². The molecule has 0 bridgehead atoms. The number of carbonyl (C=O) groups is 3. The van der Waals surface area contributed by atoms with Gasteiger partial charge in [0.2, 0.25) is 5.91 Å². The van der Waals surface area contributed by atoms with E-state index in [0.29, 0.717) is 24.3 Å². The van der Waals surface area contributed by atoms with Crippen LogP contribution in [-0.2, 0) is 9.59 Å². The molecule has 1 aromatic rings. The van der Waals surface area contributed by atoms with Gasteiger partial charge in [-0.05, 0) is 38.0 Å². The summed E-state index contributed by atoms with van der Waals surface area (Å²) in [4.78, 5) is 38.2. The van der Waals surface area contributed by atoms with Crippen LogP contribution in [0, 0.1) is 0 Å². The van der Waals surface area contributed by atoms with Crippen LogP contribution in [0.4, 0.5) is 4.79 Å². The standard InChI is InChI=1S/C19H27N3O5/c1-6-19(7-2)17(24)22(18(25)21-19)11-16(23)20-12(3)14-10-13(26-4)8-9-15(14)27-5/h8-10,12H,6-7,11H2,1-5H3,(H,20,23)(H,21,25)/t12-/m0/s1. The van der Waals surface area contributed by atoms with E-state index in [2.05, 4.69) is 10.6 Å². The molecule has 148 valence electrons. The van der Waals surface area contributed by atoms with Gasteiger partial charge in [0, 0.05) is 5.56 Å². The number of benzene rings is 1. The van der Waals surface area contributed by atoms with E-state index in [1.807, 2.05) is 13.8 Å². The molecular weight excluding hydrogens is 350 g/mol. The first kappa shape index (κ1) is 20.5. The number of nitrogens with one attached hydrogen (secondary N) is 2. The number of hydrogen-bond acceptors (Lipinski definition) is 5. The van der Waals surface area contributed by atoms with Crippen molar-refractivity contribution >= 4 is 17.8 Å². The summed E-state index contributed by atoms with van der Waals surface area (Å²) in [6.07, 6.45) is 0.952. The summed E-state index contributed by atoms with van der Waals surface area (Å²) in [6.45, 7) is 5.14. The minimum absolute atomic E-state index is 0.330. The molecule has 1 aliphatic heterocycles. The lowest BCUT2D eigenvalue weighted by molar-refractivity contribution is -0.135. The molecule has 1 aromatic carbocycles. The van der Waals surface area contributed by atoms with E-state index in [0.717, 1.165) is 10.5 Å². The number of ether oxygens (including phenoxy) is 2. The summed E-state index contributed by atoms with van der Waals surface area (Å²) in [7, 11) is 3.10. The minimum Gasteiger partial charge on any atom is -0.497 e. The molecule has 8 nitrogen and oxygen atoms in total. The third kappa shape index (κ3) is 3.99. The third-order valence-electron chi connectivity index (χ3n) is 5.04. The zero-order valence-electron chi connectivity index (χ0n) is 16.4. The predicted octanol–water partition coefficient (Wildman–Crippen LogP) is 1.99. The number of urea groups is 1. The molecule has 1 heterocycles. The smallest absolute Gasteiger partial charge is 0.325 e. The van der Waals surface area contributed by atoms with Gasteiger partial charge in [-0.3, -0.25) is 14.5 Å². The Labute approximate surface area is 159 Å². The Bertz CT molecular complexity index is 730. The van der Waals surface area contributed by atoms with Crippen molar-refractivity contribution in [3.8, 4) is 11.5 Å². The fraction of sp³-hybridized carbons (Fsp3) is 0.526. The topological polar surface area (TPSA) is 97.0 Å². The van der Waals surface area contributed by atoms with E-state index in [-0.39, 0.29) is 12.5 Å². The molecule has 0 aliphatic carbocycles. The van der Waals surface area contributed by atoms with Crippen LogP contribution in [0.15, 0.2) is 18.2 Å². The zero-order valence-corrected chi connectivity index (χ0v) is 16.4. The summed E-state index contributed by atoms with van der Waals surface area (Å²) >= 11 is 0. The average molecular weight is 377 g/mol. The largest absolute Gasteiger partial charge is 0.497 e. The molecule has 0 unspecified atom stereocenters. The molecule has 2 N–H and O–H groups in total. The monoisotopic (exact) mass is 377 g/mol. The van der Waals surface area contributed by atoms with E-state index in [1.54, 1.807) is 39.3 Å². The highest BCUT2D eigenvalue weighted by atomic mass is 16.5. The Morgan fingerprint density at radius 1 is 1.22 bits per heavy atom. The van der Waals surface area contributed by atoms with E-state index >= 15 is 0 Å². The predicted molar refractivity (Wildman–Crippen MR) is 99.7 cm³/mol. The van der Waals surface area contributed by atoms with Crippen molar-refractivity contribution in [2.24, 2.45) is 0 Å². The number of nitrogens with zero attached hydrogens (tertiary/aromatic N) is 1. The second-order valence-corrected chi connectivity index (χ2v) is 6.51. The first-order chi connectivity index (χ1) is 12.8. The van der Waals surface area contributed by atoms with E-state index in [4.69, 9.17) is 9.47 Å². The van der Waals surface area contributed by atoms with Crippen LogP contribution in [0.3, 0.4) is 0 Å². The summed E-state index contributed by atoms with van der Waals surface area (Å²) in [5.74, 6) is 0.449. The van der Waals surface area contributed by atoms with Crippen LogP contribution >= 0.6 is 0 Å². The Balaban J connectivity index is 2.10. The fourth-order valence-corrected chi connectivity index (χ4v) is 3.24. The van der Waals surface area contributed by atoms with Crippen LogP contribution in [-0.4, -0.2) is 49.0 Å². The maximum atomic E-state index is 12.6. The summed E-state index contributed by atoms with van der Waals surface area (Å²) in [5.41, 5.74) is -0.183. The third-order valence-corrected chi connectivity index (χ3v) is 5.04. The Morgan fingerprint density at radius 2 is 1.89 bits per heavy atom. The quantitative estimate of drug-likeness (QED) is 0.676. The van der Waals surface area contributed by atoms with Gasteiger partial charge in [0.25, 0.3) is 5.91 Å². The SMILES string of the molecule is CCC1(CC)NC(=O)N(CC(=O)N[C@@H](C)c2cc(OC)ccc2OC)C1=O. The van der Waals surface area contributed by atoms with Crippen molar-refractivity contribution < 1.29 is 23.9 Å². The van der Waals surface area contributed by atoms with Crippen LogP contribution in [0.2, 0.25) is 0 Å². The van der Waals surface area contributed by atoms with Crippen LogP contribution in [0.1, 0.15) is 45.2 Å². The highest BCUT2D eigenvalue weighted by Crippen LogP contribution is 2.29. The lowest BCUT2D eigenvalue weighted by atomic mass is 9.93. The van der Waals surface area contributed by atoms with Crippen molar-refractivity contribution in [3.05, 3.63) is 23.8 Å². The molecule has 0 aromatic heterocycles. The number of methoxy groups -OCH3 is 2. The molecule has 1 atom stereocenters. The highest BCUT2D eigenvalue weighted by molar-refractivity contribution is 6.09. The molecule has 0 radical (unpaired) electrons. The van der Waals surface area contributed by atoms with E-state index in [1.165, 1.54) is 0 Å². The highest BCUT2D eigenvalue weighted by Gasteiger charge is 2.49. The van der Waals surface area contributed by atoms with Gasteiger partial charge < -0.3 is 20.1 Å². The maximum absolute atomic E-state index is 12.6. The normalized spacial score (nSPS) is 16.7. The molecule has 0 spiro atoms. The van der Waals surface area contributed by atoms with Crippen LogP contribution in [0.25, 0.3) is 0 Å². The number of rotatable bonds is 8. The molecular formula is C19H27N3O5. The number of imide groups is 1. The molecule has 27 heavy (non-hydrogen) atoms. The molecule has 0 saturated carbocycles. The summed E-state index contributed by atoms with van der Waals surface area (Å²) in [6, 6.07) is 4.36. The van der Waals surface area contributed by atoms with Gasteiger partial charge in [-0.1, -0.05) is 13.8 Å². The summed E-state index contributed by atoms with van der Waals surface area (Å²) in [5, 5.41) is 5.52. The van der Waals surface area contributed by atoms with Gasteiger partial charge in [-0.25, -0.2) is 4.79 Å².